The fourth-order valence-corrected chi connectivity index (χ4v) is 3.30. The summed E-state index contributed by atoms with van der Waals surface area (Å²) < 4.78 is 0. The van der Waals surface area contributed by atoms with Gasteiger partial charge in [-0.05, 0) is 48.7 Å². The van der Waals surface area contributed by atoms with E-state index >= 15 is 0 Å². The molecule has 0 spiro atoms. The zero-order valence-corrected chi connectivity index (χ0v) is 15.6. The van der Waals surface area contributed by atoms with Crippen LogP contribution in [-0.4, -0.2) is 31.4 Å². The Bertz CT molecular complexity index is 846. The van der Waals surface area contributed by atoms with Gasteiger partial charge < -0.3 is 15.5 Å². The van der Waals surface area contributed by atoms with E-state index in [1.54, 1.807) is 22.8 Å². The molecule has 0 aromatic heterocycles. The van der Waals surface area contributed by atoms with Gasteiger partial charge in [-0.1, -0.05) is 36.4 Å². The summed E-state index contributed by atoms with van der Waals surface area (Å²) in [4.78, 5) is 28.2. The smallest absolute Gasteiger partial charge is 0.250 e. The van der Waals surface area contributed by atoms with Crippen LogP contribution in [0.3, 0.4) is 0 Å². The fourth-order valence-electron chi connectivity index (χ4n) is 3.30. The van der Waals surface area contributed by atoms with Crippen molar-refractivity contribution in [2.75, 3.05) is 29.4 Å². The molecule has 0 radical (unpaired) electrons. The normalized spacial score (nSPS) is 13.0. The minimum absolute atomic E-state index is 0.0229. The quantitative estimate of drug-likeness (QED) is 0.803. The van der Waals surface area contributed by atoms with Gasteiger partial charge in [0.1, 0.15) is 0 Å². The Morgan fingerprint density at radius 3 is 2.67 bits per heavy atom. The molecule has 1 aliphatic heterocycles. The van der Waals surface area contributed by atoms with Crippen LogP contribution in [0.25, 0.3) is 6.08 Å². The summed E-state index contributed by atoms with van der Waals surface area (Å²) in [5, 5.41) is 0. The molecule has 2 amide bonds. The molecule has 3 rings (SSSR count). The highest BCUT2D eigenvalue weighted by atomic mass is 16.2. The number of nitrogens with zero attached hydrogens (tertiary/aromatic N) is 2. The Kier molecular flexibility index (Phi) is 6.04. The number of carbonyl (C=O) groups excluding carboxylic acids is 2. The Hall–Kier alpha value is -2.92. The second-order valence-corrected chi connectivity index (χ2v) is 6.61. The van der Waals surface area contributed by atoms with E-state index in [2.05, 4.69) is 0 Å². The first kappa shape index (κ1) is 18.9. The molecule has 0 aliphatic carbocycles. The van der Waals surface area contributed by atoms with E-state index in [-0.39, 0.29) is 11.8 Å². The van der Waals surface area contributed by atoms with Crippen LogP contribution in [0.4, 0.5) is 11.4 Å². The van der Waals surface area contributed by atoms with Crippen LogP contribution in [0, 0.1) is 0 Å². The maximum atomic E-state index is 12.9. The number of nitrogens with two attached hydrogens (primary N) is 1. The molecule has 1 aliphatic rings. The minimum Gasteiger partial charge on any atom is -0.330 e. The molecule has 0 saturated heterocycles. The van der Waals surface area contributed by atoms with E-state index in [0.29, 0.717) is 26.1 Å². The summed E-state index contributed by atoms with van der Waals surface area (Å²) in [6.07, 6.45) is 4.95. The first-order valence-corrected chi connectivity index (χ1v) is 9.26. The van der Waals surface area contributed by atoms with Crippen LogP contribution in [-0.2, 0) is 16.0 Å². The summed E-state index contributed by atoms with van der Waals surface area (Å²) in [5.74, 6) is -0.0747. The first-order valence-electron chi connectivity index (χ1n) is 9.26. The number of benzene rings is 2. The molecule has 1 heterocycles. The maximum Gasteiger partial charge on any atom is 0.250 e. The SMILES string of the molecule is CC(=O)N1CCc2ccc(N(CCCN)C(=O)/C=C\c3ccccc3)cc21. The van der Waals surface area contributed by atoms with Crippen molar-refractivity contribution in [1.82, 2.24) is 0 Å². The van der Waals surface area contributed by atoms with Gasteiger partial charge in [-0.15, -0.1) is 0 Å². The van der Waals surface area contributed by atoms with Gasteiger partial charge in [0.2, 0.25) is 5.91 Å². The van der Waals surface area contributed by atoms with Crippen molar-refractivity contribution in [2.24, 2.45) is 5.73 Å². The van der Waals surface area contributed by atoms with Gasteiger partial charge in [-0.3, -0.25) is 9.59 Å². The average molecular weight is 363 g/mol. The number of rotatable bonds is 6. The number of hydrogen-bond acceptors (Lipinski definition) is 3. The van der Waals surface area contributed by atoms with Crippen molar-refractivity contribution in [1.29, 1.82) is 0 Å². The van der Waals surface area contributed by atoms with Crippen LogP contribution in [0.5, 0.6) is 0 Å². The number of amides is 2. The fraction of sp³-hybridized carbons (Fsp3) is 0.273. The van der Waals surface area contributed by atoms with E-state index in [9.17, 15) is 9.59 Å². The molecule has 0 fully saturated rings. The molecule has 0 unspecified atom stereocenters. The highest BCUT2D eigenvalue weighted by molar-refractivity contribution is 6.04. The lowest BCUT2D eigenvalue weighted by molar-refractivity contribution is -0.116. The van der Waals surface area contributed by atoms with Gasteiger partial charge in [-0.25, -0.2) is 0 Å². The van der Waals surface area contributed by atoms with E-state index in [1.165, 1.54) is 0 Å². The molecule has 140 valence electrons. The maximum absolute atomic E-state index is 12.9. The van der Waals surface area contributed by atoms with Crippen LogP contribution >= 0.6 is 0 Å². The molecule has 5 nitrogen and oxygen atoms in total. The number of fused-ring (bicyclic) bond motifs is 1. The molecule has 2 N–H and O–H groups in total. The third-order valence-electron chi connectivity index (χ3n) is 4.73. The van der Waals surface area contributed by atoms with Crippen molar-refractivity contribution >= 4 is 29.3 Å². The highest BCUT2D eigenvalue weighted by Gasteiger charge is 2.24. The summed E-state index contributed by atoms with van der Waals surface area (Å²) in [6, 6.07) is 15.6. The van der Waals surface area contributed by atoms with Gasteiger partial charge in [0.05, 0.1) is 0 Å². The molecule has 5 heteroatoms. The number of hydrogen-bond donors (Lipinski definition) is 1. The van der Waals surface area contributed by atoms with Crippen molar-refractivity contribution in [3.63, 3.8) is 0 Å². The lowest BCUT2D eigenvalue weighted by Crippen LogP contribution is -2.32. The van der Waals surface area contributed by atoms with E-state index < -0.39 is 0 Å². The number of anilines is 2. The van der Waals surface area contributed by atoms with Crippen LogP contribution in [0.2, 0.25) is 0 Å². The van der Waals surface area contributed by atoms with E-state index in [4.69, 9.17) is 5.73 Å². The van der Waals surface area contributed by atoms with Crippen molar-refractivity contribution in [2.45, 2.75) is 19.8 Å². The van der Waals surface area contributed by atoms with E-state index in [1.807, 2.05) is 54.6 Å². The second-order valence-electron chi connectivity index (χ2n) is 6.61. The number of carbonyl (C=O) groups is 2. The highest BCUT2D eigenvalue weighted by Crippen LogP contribution is 2.32. The average Bonchev–Trinajstić information content (AvgIpc) is 3.11. The zero-order chi connectivity index (χ0) is 19.2. The summed E-state index contributed by atoms with van der Waals surface area (Å²) >= 11 is 0. The standard InChI is InChI=1S/C22H25N3O2/c1-17(26)24-15-12-19-9-10-20(16-21(19)24)25(14-5-13-23)22(27)11-8-18-6-3-2-4-7-18/h2-4,6-11,16H,5,12-15,23H2,1H3/b11-8-. The Morgan fingerprint density at radius 1 is 1.19 bits per heavy atom. The van der Waals surface area contributed by atoms with Gasteiger partial charge in [0.15, 0.2) is 0 Å². The third kappa shape index (κ3) is 4.44. The molecular formula is C22H25N3O2. The van der Waals surface area contributed by atoms with Gasteiger partial charge in [0, 0.05) is 37.5 Å². The van der Waals surface area contributed by atoms with Crippen LogP contribution in [0.15, 0.2) is 54.6 Å². The lowest BCUT2D eigenvalue weighted by Gasteiger charge is -2.23. The summed E-state index contributed by atoms with van der Waals surface area (Å²) in [5.41, 5.74) is 9.47. The molecule has 0 bridgehead atoms. The van der Waals surface area contributed by atoms with Crippen molar-refractivity contribution in [3.05, 3.63) is 65.7 Å². The topological polar surface area (TPSA) is 66.6 Å². The predicted octanol–water partition coefficient (Wildman–Crippen LogP) is 2.99. The molecule has 2 aromatic rings. The van der Waals surface area contributed by atoms with Crippen LogP contribution < -0.4 is 15.5 Å². The zero-order valence-electron chi connectivity index (χ0n) is 15.6. The Morgan fingerprint density at radius 2 is 1.96 bits per heavy atom. The molecule has 2 aromatic carbocycles. The molecular weight excluding hydrogens is 338 g/mol. The van der Waals surface area contributed by atoms with Gasteiger partial charge in [-0.2, -0.15) is 0 Å². The Labute approximate surface area is 160 Å². The predicted molar refractivity (Wildman–Crippen MR) is 110 cm³/mol. The minimum atomic E-state index is -0.0976. The molecule has 0 atom stereocenters. The first-order chi connectivity index (χ1) is 13.1. The van der Waals surface area contributed by atoms with Gasteiger partial charge >= 0.3 is 0 Å². The van der Waals surface area contributed by atoms with E-state index in [0.717, 1.165) is 28.9 Å². The summed E-state index contributed by atoms with van der Waals surface area (Å²) in [7, 11) is 0. The van der Waals surface area contributed by atoms with Crippen LogP contribution in [0.1, 0.15) is 24.5 Å². The molecule has 27 heavy (non-hydrogen) atoms. The largest absolute Gasteiger partial charge is 0.330 e. The van der Waals surface area contributed by atoms with Gasteiger partial charge in [0.25, 0.3) is 5.91 Å². The summed E-state index contributed by atoms with van der Waals surface area (Å²) in [6.45, 7) is 3.31. The molecule has 0 saturated carbocycles. The third-order valence-corrected chi connectivity index (χ3v) is 4.73. The van der Waals surface area contributed by atoms with Crippen molar-refractivity contribution < 1.29 is 9.59 Å². The lowest BCUT2D eigenvalue weighted by atomic mass is 10.1. The Balaban J connectivity index is 1.86. The second kappa shape index (κ2) is 8.64. The monoisotopic (exact) mass is 363 g/mol. The van der Waals surface area contributed by atoms with Crippen molar-refractivity contribution in [3.8, 4) is 0 Å².